The van der Waals surface area contributed by atoms with Crippen LogP contribution in [-0.2, 0) is 6.54 Å². The summed E-state index contributed by atoms with van der Waals surface area (Å²) in [5, 5.41) is 7.30. The molecule has 0 unspecified atom stereocenters. The molecule has 100 valence electrons. The Morgan fingerprint density at radius 2 is 1.94 bits per heavy atom. The van der Waals surface area contributed by atoms with Gasteiger partial charge in [0.2, 0.25) is 0 Å². The van der Waals surface area contributed by atoms with Crippen LogP contribution in [0, 0.1) is 5.41 Å². The molecule has 18 heavy (non-hydrogen) atoms. The number of methoxy groups -OCH3 is 1. The molecule has 4 heteroatoms. The molecule has 0 saturated heterocycles. The molecule has 0 amide bonds. The van der Waals surface area contributed by atoms with E-state index >= 15 is 0 Å². The second kappa shape index (κ2) is 7.01. The van der Waals surface area contributed by atoms with Crippen LogP contribution in [0.25, 0.3) is 0 Å². The first-order valence-electron chi connectivity index (χ1n) is 6.22. The minimum Gasteiger partial charge on any atom is -0.497 e. The third-order valence-electron chi connectivity index (χ3n) is 2.94. The van der Waals surface area contributed by atoms with Crippen LogP contribution >= 0.6 is 0 Å². The van der Waals surface area contributed by atoms with Crippen molar-refractivity contribution >= 4 is 5.84 Å². The van der Waals surface area contributed by atoms with Crippen LogP contribution < -0.4 is 10.5 Å². The maximum Gasteiger partial charge on any atom is 0.118 e. The molecule has 0 heterocycles. The molecular formula is C14H23N3O. The fourth-order valence-electron chi connectivity index (χ4n) is 1.75. The fraction of sp³-hybridized carbons (Fsp3) is 0.500. The number of hydrogen-bond acceptors (Lipinski definition) is 3. The Kier molecular flexibility index (Phi) is 5.65. The highest BCUT2D eigenvalue weighted by molar-refractivity contribution is 5.76. The smallest absolute Gasteiger partial charge is 0.118 e. The van der Waals surface area contributed by atoms with Gasteiger partial charge < -0.3 is 10.5 Å². The molecule has 0 aliphatic rings. The molecule has 1 aromatic carbocycles. The molecule has 0 bridgehead atoms. The van der Waals surface area contributed by atoms with Gasteiger partial charge >= 0.3 is 0 Å². The maximum atomic E-state index is 7.30. The van der Waals surface area contributed by atoms with E-state index in [0.29, 0.717) is 12.5 Å². The first-order chi connectivity index (χ1) is 8.52. The predicted molar refractivity (Wildman–Crippen MR) is 75.1 cm³/mol. The molecule has 0 aliphatic carbocycles. The zero-order valence-electron chi connectivity index (χ0n) is 11.4. The molecule has 0 radical (unpaired) electrons. The number of ether oxygens (including phenoxy) is 1. The highest BCUT2D eigenvalue weighted by Gasteiger charge is 2.10. The van der Waals surface area contributed by atoms with Gasteiger partial charge in [0, 0.05) is 25.6 Å². The molecule has 4 nitrogen and oxygen atoms in total. The number of nitrogens with one attached hydrogen (secondary N) is 1. The Balaban J connectivity index is 2.61. The third kappa shape index (κ3) is 4.75. The van der Waals surface area contributed by atoms with Crippen molar-refractivity contribution in [3.8, 4) is 5.75 Å². The summed E-state index contributed by atoms with van der Waals surface area (Å²) in [7, 11) is 1.67. The van der Waals surface area contributed by atoms with E-state index in [-0.39, 0.29) is 5.84 Å². The standard InChI is InChI=1S/C14H23N3O/c1-11(2)17(9-8-14(15)16)10-12-4-6-13(18-3)7-5-12/h4-7,11H,8-10H2,1-3H3,(H3,15,16). The highest BCUT2D eigenvalue weighted by atomic mass is 16.5. The van der Waals surface area contributed by atoms with Gasteiger partial charge in [-0.2, -0.15) is 0 Å². The van der Waals surface area contributed by atoms with Crippen molar-refractivity contribution in [2.45, 2.75) is 32.9 Å². The van der Waals surface area contributed by atoms with Crippen LogP contribution in [0.1, 0.15) is 25.8 Å². The first kappa shape index (κ1) is 14.5. The second-order valence-corrected chi connectivity index (χ2v) is 4.69. The first-order valence-corrected chi connectivity index (χ1v) is 6.22. The zero-order valence-corrected chi connectivity index (χ0v) is 11.4. The van der Waals surface area contributed by atoms with E-state index in [0.717, 1.165) is 18.8 Å². The molecular weight excluding hydrogens is 226 g/mol. The molecule has 0 fully saturated rings. The van der Waals surface area contributed by atoms with Crippen molar-refractivity contribution in [3.63, 3.8) is 0 Å². The summed E-state index contributed by atoms with van der Waals surface area (Å²) in [6.07, 6.45) is 0.619. The molecule has 0 aromatic heterocycles. The van der Waals surface area contributed by atoms with Crippen molar-refractivity contribution in [2.75, 3.05) is 13.7 Å². The summed E-state index contributed by atoms with van der Waals surface area (Å²) in [5.41, 5.74) is 6.66. The Morgan fingerprint density at radius 1 is 1.33 bits per heavy atom. The van der Waals surface area contributed by atoms with Gasteiger partial charge in [-0.3, -0.25) is 10.3 Å². The Labute approximate surface area is 109 Å². The number of benzene rings is 1. The van der Waals surface area contributed by atoms with Crippen LogP contribution in [0.4, 0.5) is 0 Å². The summed E-state index contributed by atoms with van der Waals surface area (Å²) < 4.78 is 5.14. The fourth-order valence-corrected chi connectivity index (χ4v) is 1.75. The minimum atomic E-state index is 0.246. The topological polar surface area (TPSA) is 62.3 Å². The average Bonchev–Trinajstić information content (AvgIpc) is 2.34. The summed E-state index contributed by atoms with van der Waals surface area (Å²) in [6, 6.07) is 8.52. The van der Waals surface area contributed by atoms with Crippen molar-refractivity contribution in [3.05, 3.63) is 29.8 Å². The van der Waals surface area contributed by atoms with E-state index in [9.17, 15) is 0 Å². The van der Waals surface area contributed by atoms with Crippen molar-refractivity contribution in [1.29, 1.82) is 5.41 Å². The Hall–Kier alpha value is -1.55. The monoisotopic (exact) mass is 249 g/mol. The normalized spacial score (nSPS) is 10.9. The highest BCUT2D eigenvalue weighted by Crippen LogP contribution is 2.14. The molecule has 0 aliphatic heterocycles. The van der Waals surface area contributed by atoms with E-state index in [2.05, 4.69) is 30.9 Å². The van der Waals surface area contributed by atoms with Gasteiger partial charge in [0.1, 0.15) is 5.75 Å². The van der Waals surface area contributed by atoms with Gasteiger partial charge in [-0.1, -0.05) is 12.1 Å². The van der Waals surface area contributed by atoms with E-state index < -0.39 is 0 Å². The van der Waals surface area contributed by atoms with E-state index in [1.807, 2.05) is 12.1 Å². The minimum absolute atomic E-state index is 0.246. The Morgan fingerprint density at radius 3 is 2.39 bits per heavy atom. The number of hydrogen-bond donors (Lipinski definition) is 2. The molecule has 0 atom stereocenters. The van der Waals surface area contributed by atoms with Crippen LogP contribution in [0.15, 0.2) is 24.3 Å². The summed E-state index contributed by atoms with van der Waals surface area (Å²) >= 11 is 0. The molecule has 1 aromatic rings. The van der Waals surface area contributed by atoms with Gasteiger partial charge in [-0.05, 0) is 31.5 Å². The zero-order chi connectivity index (χ0) is 13.5. The van der Waals surface area contributed by atoms with E-state index in [1.54, 1.807) is 7.11 Å². The van der Waals surface area contributed by atoms with E-state index in [1.165, 1.54) is 5.56 Å². The molecule has 0 spiro atoms. The van der Waals surface area contributed by atoms with Crippen LogP contribution in [-0.4, -0.2) is 30.4 Å². The maximum absolute atomic E-state index is 7.30. The van der Waals surface area contributed by atoms with Gasteiger partial charge in [0.25, 0.3) is 0 Å². The lowest BCUT2D eigenvalue weighted by atomic mass is 10.1. The van der Waals surface area contributed by atoms with Crippen LogP contribution in [0.5, 0.6) is 5.75 Å². The third-order valence-corrected chi connectivity index (χ3v) is 2.94. The van der Waals surface area contributed by atoms with Crippen molar-refractivity contribution < 1.29 is 4.74 Å². The number of nitrogens with two attached hydrogens (primary N) is 1. The number of rotatable bonds is 7. The summed E-state index contributed by atoms with van der Waals surface area (Å²) in [6.45, 7) is 6.00. The predicted octanol–water partition coefficient (Wildman–Crippen LogP) is 2.23. The average molecular weight is 249 g/mol. The summed E-state index contributed by atoms with van der Waals surface area (Å²) in [5.74, 6) is 1.12. The second-order valence-electron chi connectivity index (χ2n) is 4.69. The summed E-state index contributed by atoms with van der Waals surface area (Å²) in [4.78, 5) is 2.31. The Bertz CT molecular complexity index is 373. The lowest BCUT2D eigenvalue weighted by Crippen LogP contribution is -2.33. The quantitative estimate of drug-likeness (QED) is 0.575. The van der Waals surface area contributed by atoms with Gasteiger partial charge in [-0.15, -0.1) is 0 Å². The van der Waals surface area contributed by atoms with Crippen LogP contribution in [0.3, 0.4) is 0 Å². The SMILES string of the molecule is COc1ccc(CN(CCC(=N)N)C(C)C)cc1. The molecule has 1 rings (SSSR count). The lowest BCUT2D eigenvalue weighted by Gasteiger charge is -2.26. The molecule has 0 saturated carbocycles. The largest absolute Gasteiger partial charge is 0.497 e. The van der Waals surface area contributed by atoms with Gasteiger partial charge in [0.15, 0.2) is 0 Å². The number of amidine groups is 1. The van der Waals surface area contributed by atoms with Crippen molar-refractivity contribution in [1.82, 2.24) is 4.90 Å². The van der Waals surface area contributed by atoms with E-state index in [4.69, 9.17) is 15.9 Å². The van der Waals surface area contributed by atoms with Crippen LogP contribution in [0.2, 0.25) is 0 Å². The molecule has 3 N–H and O–H groups in total. The van der Waals surface area contributed by atoms with Crippen molar-refractivity contribution in [2.24, 2.45) is 5.73 Å². The van der Waals surface area contributed by atoms with Gasteiger partial charge in [-0.25, -0.2) is 0 Å². The lowest BCUT2D eigenvalue weighted by molar-refractivity contribution is 0.219. The number of nitrogens with zero attached hydrogens (tertiary/aromatic N) is 1. The van der Waals surface area contributed by atoms with Gasteiger partial charge in [0.05, 0.1) is 12.9 Å².